The molecule has 0 aliphatic carbocycles. The van der Waals surface area contributed by atoms with E-state index in [0.717, 1.165) is 17.1 Å². The average molecular weight is 243 g/mol. The summed E-state index contributed by atoms with van der Waals surface area (Å²) < 4.78 is 5.08. The smallest absolute Gasteiger partial charge is 0.0945 e. The molecular formula is C11H21N3OS. The fourth-order valence-electron chi connectivity index (χ4n) is 1.33. The largest absolute Gasteiger partial charge is 0.383 e. The van der Waals surface area contributed by atoms with Gasteiger partial charge < -0.3 is 4.74 Å². The maximum Gasteiger partial charge on any atom is 0.0945 e. The molecule has 0 fully saturated rings. The molecule has 0 saturated heterocycles. The molecule has 16 heavy (non-hydrogen) atoms. The third-order valence-corrected chi connectivity index (χ3v) is 3.22. The normalized spacial score (nSPS) is 14.1. The van der Waals surface area contributed by atoms with Gasteiger partial charge in [-0.25, -0.2) is 4.98 Å². The fourth-order valence-corrected chi connectivity index (χ4v) is 2.43. The van der Waals surface area contributed by atoms with E-state index < -0.39 is 0 Å². The Labute approximate surface area is 101 Å². The van der Waals surface area contributed by atoms with Crippen molar-refractivity contribution in [3.05, 3.63) is 16.1 Å². The molecule has 0 aliphatic heterocycles. The minimum absolute atomic E-state index is 0.113. The van der Waals surface area contributed by atoms with Gasteiger partial charge >= 0.3 is 0 Å². The van der Waals surface area contributed by atoms with Crippen LogP contribution in [-0.4, -0.2) is 24.7 Å². The second-order valence-corrected chi connectivity index (χ2v) is 5.84. The van der Waals surface area contributed by atoms with Crippen LogP contribution in [0.3, 0.4) is 0 Å². The lowest BCUT2D eigenvalue weighted by molar-refractivity contribution is 0.166. The summed E-state index contributed by atoms with van der Waals surface area (Å²) in [6.07, 6.45) is 0.811. The first-order valence-corrected chi connectivity index (χ1v) is 6.25. The topological polar surface area (TPSA) is 60.2 Å². The van der Waals surface area contributed by atoms with Gasteiger partial charge in [0.1, 0.15) is 0 Å². The number of nitrogens with zero attached hydrogens (tertiary/aromatic N) is 1. The standard InChI is InChI=1S/C11H21N3OS/c1-11(2,3)9-7-16-10(13-9)5-8(14-12)6-15-4/h7-8,14H,5-6,12H2,1-4H3. The molecule has 3 N–H and O–H groups in total. The number of ether oxygens (including phenoxy) is 1. The molecule has 0 amide bonds. The second-order valence-electron chi connectivity index (χ2n) is 4.90. The van der Waals surface area contributed by atoms with Crippen molar-refractivity contribution >= 4 is 11.3 Å². The van der Waals surface area contributed by atoms with Crippen LogP contribution in [0.25, 0.3) is 0 Å². The molecule has 0 spiro atoms. The van der Waals surface area contributed by atoms with Crippen LogP contribution in [0.1, 0.15) is 31.5 Å². The summed E-state index contributed by atoms with van der Waals surface area (Å²) in [6.45, 7) is 7.10. The van der Waals surface area contributed by atoms with Crippen molar-refractivity contribution in [2.75, 3.05) is 13.7 Å². The van der Waals surface area contributed by atoms with Gasteiger partial charge in [-0.05, 0) is 0 Å². The molecule has 0 aromatic carbocycles. The first-order chi connectivity index (χ1) is 7.47. The number of nitrogens with two attached hydrogens (primary N) is 1. The zero-order valence-electron chi connectivity index (χ0n) is 10.4. The Morgan fingerprint density at radius 1 is 1.56 bits per heavy atom. The molecule has 1 atom stereocenters. The molecule has 1 rings (SSSR count). The van der Waals surface area contributed by atoms with Crippen LogP contribution in [0.4, 0.5) is 0 Å². The lowest BCUT2D eigenvalue weighted by atomic mass is 9.93. The molecule has 1 heterocycles. The predicted molar refractivity (Wildman–Crippen MR) is 67.5 cm³/mol. The van der Waals surface area contributed by atoms with Crippen molar-refractivity contribution < 1.29 is 4.74 Å². The lowest BCUT2D eigenvalue weighted by Gasteiger charge is -2.15. The predicted octanol–water partition coefficient (Wildman–Crippen LogP) is 1.46. The van der Waals surface area contributed by atoms with Gasteiger partial charge in [0.05, 0.1) is 23.4 Å². The van der Waals surface area contributed by atoms with E-state index in [1.807, 2.05) is 0 Å². The van der Waals surface area contributed by atoms with Gasteiger partial charge in [-0.2, -0.15) is 0 Å². The summed E-state index contributed by atoms with van der Waals surface area (Å²) in [5.74, 6) is 5.45. The van der Waals surface area contributed by atoms with Gasteiger partial charge in [-0.15, -0.1) is 11.3 Å². The van der Waals surface area contributed by atoms with E-state index in [9.17, 15) is 0 Å². The van der Waals surface area contributed by atoms with Crippen LogP contribution in [0, 0.1) is 0 Å². The first-order valence-electron chi connectivity index (χ1n) is 5.37. The van der Waals surface area contributed by atoms with Crippen LogP contribution < -0.4 is 11.3 Å². The van der Waals surface area contributed by atoms with Crippen LogP contribution in [0.5, 0.6) is 0 Å². The van der Waals surface area contributed by atoms with Gasteiger partial charge in [-0.1, -0.05) is 20.8 Å². The second kappa shape index (κ2) is 5.72. The molecule has 4 nitrogen and oxygen atoms in total. The summed E-state index contributed by atoms with van der Waals surface area (Å²) in [5.41, 5.74) is 3.99. The van der Waals surface area contributed by atoms with Crippen LogP contribution in [0.2, 0.25) is 0 Å². The zero-order chi connectivity index (χ0) is 12.2. The molecule has 0 aliphatic rings. The Balaban J connectivity index is 2.64. The van der Waals surface area contributed by atoms with Crippen molar-refractivity contribution in [3.63, 3.8) is 0 Å². The van der Waals surface area contributed by atoms with Crippen molar-refractivity contribution in [3.8, 4) is 0 Å². The maximum absolute atomic E-state index is 5.45. The van der Waals surface area contributed by atoms with Crippen LogP contribution in [0.15, 0.2) is 5.38 Å². The highest BCUT2D eigenvalue weighted by atomic mass is 32.1. The third kappa shape index (κ3) is 3.83. The van der Waals surface area contributed by atoms with E-state index in [1.54, 1.807) is 18.4 Å². The summed E-state index contributed by atoms with van der Waals surface area (Å²) >= 11 is 1.68. The van der Waals surface area contributed by atoms with E-state index in [2.05, 4.69) is 36.6 Å². The van der Waals surface area contributed by atoms with Gasteiger partial charge in [-0.3, -0.25) is 11.3 Å². The van der Waals surface area contributed by atoms with Gasteiger partial charge in [0, 0.05) is 24.3 Å². The van der Waals surface area contributed by atoms with E-state index in [4.69, 9.17) is 10.6 Å². The molecule has 1 aromatic rings. The molecule has 92 valence electrons. The molecular weight excluding hydrogens is 222 g/mol. The molecule has 1 unspecified atom stereocenters. The number of rotatable bonds is 5. The van der Waals surface area contributed by atoms with Gasteiger partial charge in [0.2, 0.25) is 0 Å². The first kappa shape index (κ1) is 13.6. The van der Waals surface area contributed by atoms with Crippen molar-refractivity contribution in [1.29, 1.82) is 0 Å². The zero-order valence-corrected chi connectivity index (χ0v) is 11.2. The Bertz CT molecular complexity index is 319. The number of nitrogens with one attached hydrogen (secondary N) is 1. The van der Waals surface area contributed by atoms with Crippen LogP contribution >= 0.6 is 11.3 Å². The highest BCUT2D eigenvalue weighted by Gasteiger charge is 2.18. The van der Waals surface area contributed by atoms with E-state index in [0.29, 0.717) is 6.61 Å². The monoisotopic (exact) mass is 243 g/mol. The van der Waals surface area contributed by atoms with Gasteiger partial charge in [0.25, 0.3) is 0 Å². The Morgan fingerprint density at radius 2 is 2.25 bits per heavy atom. The van der Waals surface area contributed by atoms with Crippen LogP contribution in [-0.2, 0) is 16.6 Å². The van der Waals surface area contributed by atoms with E-state index in [1.165, 1.54) is 0 Å². The summed E-state index contributed by atoms with van der Waals surface area (Å²) in [6, 6.07) is 0.129. The number of methoxy groups -OCH3 is 1. The number of thiazole rings is 1. The van der Waals surface area contributed by atoms with Crippen molar-refractivity contribution in [1.82, 2.24) is 10.4 Å². The van der Waals surface area contributed by atoms with Crippen molar-refractivity contribution in [2.45, 2.75) is 38.6 Å². The lowest BCUT2D eigenvalue weighted by Crippen LogP contribution is -2.40. The molecule has 0 saturated carbocycles. The number of hydrogen-bond donors (Lipinski definition) is 2. The molecule has 1 aromatic heterocycles. The fraction of sp³-hybridized carbons (Fsp3) is 0.727. The van der Waals surface area contributed by atoms with E-state index >= 15 is 0 Å². The number of hydrazine groups is 1. The minimum Gasteiger partial charge on any atom is -0.383 e. The highest BCUT2D eigenvalue weighted by Crippen LogP contribution is 2.24. The highest BCUT2D eigenvalue weighted by molar-refractivity contribution is 7.09. The molecule has 0 bridgehead atoms. The Hall–Kier alpha value is -0.490. The molecule has 5 heteroatoms. The maximum atomic E-state index is 5.45. The molecule has 0 radical (unpaired) electrons. The van der Waals surface area contributed by atoms with Gasteiger partial charge in [0.15, 0.2) is 0 Å². The summed E-state index contributed by atoms with van der Waals surface area (Å²) in [4.78, 5) is 4.62. The average Bonchev–Trinajstić information content (AvgIpc) is 2.65. The summed E-state index contributed by atoms with van der Waals surface area (Å²) in [7, 11) is 1.67. The number of hydrogen-bond acceptors (Lipinski definition) is 5. The number of aromatic nitrogens is 1. The SMILES string of the molecule is COCC(Cc1nc(C(C)(C)C)cs1)NN. The Kier molecular flexibility index (Phi) is 4.86. The minimum atomic E-state index is 0.113. The Morgan fingerprint density at radius 3 is 2.69 bits per heavy atom. The third-order valence-electron chi connectivity index (χ3n) is 2.34. The summed E-state index contributed by atoms with van der Waals surface area (Å²) in [5, 5.41) is 3.22. The van der Waals surface area contributed by atoms with Crippen molar-refractivity contribution in [2.24, 2.45) is 5.84 Å². The quantitative estimate of drug-likeness (QED) is 0.607. The van der Waals surface area contributed by atoms with E-state index in [-0.39, 0.29) is 11.5 Å².